The molecule has 33 heavy (non-hydrogen) atoms. The number of rotatable bonds is 6. The van der Waals surface area contributed by atoms with Gasteiger partial charge in [0.2, 0.25) is 17.7 Å². The number of benzene rings is 2. The van der Waals surface area contributed by atoms with Gasteiger partial charge in [-0.3, -0.25) is 14.4 Å². The van der Waals surface area contributed by atoms with E-state index in [2.05, 4.69) is 5.32 Å². The number of hydrogen-bond donors (Lipinski definition) is 1. The second-order valence-corrected chi connectivity index (χ2v) is 8.55. The Morgan fingerprint density at radius 1 is 1.12 bits per heavy atom. The van der Waals surface area contributed by atoms with Gasteiger partial charge < -0.3 is 24.6 Å². The highest BCUT2D eigenvalue weighted by Gasteiger charge is 2.37. The summed E-state index contributed by atoms with van der Waals surface area (Å²) in [6.07, 6.45) is 0.0712. The summed E-state index contributed by atoms with van der Waals surface area (Å²) >= 11 is 12.2. The van der Waals surface area contributed by atoms with Gasteiger partial charge in [0, 0.05) is 31.3 Å². The van der Waals surface area contributed by atoms with Crippen molar-refractivity contribution in [2.24, 2.45) is 5.92 Å². The van der Waals surface area contributed by atoms with Gasteiger partial charge in [0.05, 0.1) is 28.2 Å². The van der Waals surface area contributed by atoms with Gasteiger partial charge >= 0.3 is 0 Å². The van der Waals surface area contributed by atoms with Crippen LogP contribution in [0.1, 0.15) is 13.3 Å². The van der Waals surface area contributed by atoms with Crippen molar-refractivity contribution in [3.05, 3.63) is 46.4 Å². The Labute approximate surface area is 201 Å². The Balaban J connectivity index is 1.41. The first-order valence-corrected chi connectivity index (χ1v) is 11.4. The summed E-state index contributed by atoms with van der Waals surface area (Å²) in [5.41, 5.74) is 0.948. The lowest BCUT2D eigenvalue weighted by Crippen LogP contribution is -2.42. The Morgan fingerprint density at radius 2 is 1.82 bits per heavy atom. The molecule has 174 valence electrons. The summed E-state index contributed by atoms with van der Waals surface area (Å²) in [5.74, 6) is -0.187. The molecule has 8 nitrogen and oxygen atoms in total. The SMILES string of the molecule is CCN(CC(=O)Nc1c(Cl)cccc1Cl)C(=O)C1CC(=O)N(c2ccc3c(c2)OCCO3)C1. The molecule has 0 aromatic heterocycles. The van der Waals surface area contributed by atoms with E-state index < -0.39 is 11.8 Å². The lowest BCUT2D eigenvalue weighted by atomic mass is 10.1. The smallest absolute Gasteiger partial charge is 0.244 e. The number of nitrogens with one attached hydrogen (secondary N) is 1. The largest absolute Gasteiger partial charge is 0.486 e. The number of para-hydroxylation sites is 1. The molecular formula is C23H23Cl2N3O5. The molecule has 1 N–H and O–H groups in total. The third-order valence-electron chi connectivity index (χ3n) is 5.57. The molecule has 2 aliphatic heterocycles. The van der Waals surface area contributed by atoms with E-state index in [9.17, 15) is 14.4 Å². The molecule has 0 radical (unpaired) electrons. The lowest BCUT2D eigenvalue weighted by Gasteiger charge is -2.24. The van der Waals surface area contributed by atoms with Crippen LogP contribution < -0.4 is 19.7 Å². The standard InChI is InChI=1S/C23H23Cl2N3O5/c1-2-27(13-20(29)26-22-16(24)4-3-5-17(22)25)23(31)14-10-21(30)28(12-14)15-6-7-18-19(11-15)33-9-8-32-18/h3-7,11,14H,2,8-10,12-13H2,1H3,(H,26,29). The van der Waals surface area contributed by atoms with Crippen LogP contribution in [0.4, 0.5) is 11.4 Å². The van der Waals surface area contributed by atoms with Gasteiger partial charge in [-0.15, -0.1) is 0 Å². The van der Waals surface area contributed by atoms with Crippen molar-refractivity contribution in [2.75, 3.05) is 43.1 Å². The van der Waals surface area contributed by atoms with E-state index >= 15 is 0 Å². The average Bonchev–Trinajstić information content (AvgIpc) is 3.20. The fraction of sp³-hybridized carbons (Fsp3) is 0.348. The van der Waals surface area contributed by atoms with Gasteiger partial charge in [-0.2, -0.15) is 0 Å². The maximum Gasteiger partial charge on any atom is 0.244 e. The van der Waals surface area contributed by atoms with Crippen LogP contribution in [0.5, 0.6) is 11.5 Å². The highest BCUT2D eigenvalue weighted by Crippen LogP contribution is 2.36. The van der Waals surface area contributed by atoms with Gasteiger partial charge in [-0.25, -0.2) is 0 Å². The van der Waals surface area contributed by atoms with Gasteiger partial charge in [-0.1, -0.05) is 29.3 Å². The predicted octanol–water partition coefficient (Wildman–Crippen LogP) is 3.60. The molecule has 10 heteroatoms. The third-order valence-corrected chi connectivity index (χ3v) is 6.20. The molecule has 3 amide bonds. The third kappa shape index (κ3) is 5.02. The molecule has 0 bridgehead atoms. The quantitative estimate of drug-likeness (QED) is 0.666. The first-order valence-electron chi connectivity index (χ1n) is 10.6. The molecule has 1 unspecified atom stereocenters. The maximum atomic E-state index is 13.1. The zero-order valence-corrected chi connectivity index (χ0v) is 19.5. The van der Waals surface area contributed by atoms with Crippen molar-refractivity contribution in [1.82, 2.24) is 4.90 Å². The molecule has 0 spiro atoms. The Hall–Kier alpha value is -2.97. The van der Waals surface area contributed by atoms with E-state index in [1.807, 2.05) is 0 Å². The normalized spacial score (nSPS) is 17.1. The van der Waals surface area contributed by atoms with Gasteiger partial charge in [-0.05, 0) is 31.2 Å². The fourth-order valence-corrected chi connectivity index (χ4v) is 4.39. The molecule has 0 aliphatic carbocycles. The number of nitrogens with zero attached hydrogens (tertiary/aromatic N) is 2. The monoisotopic (exact) mass is 491 g/mol. The van der Waals surface area contributed by atoms with E-state index in [0.717, 1.165) is 0 Å². The molecule has 0 saturated carbocycles. The average molecular weight is 492 g/mol. The van der Waals surface area contributed by atoms with E-state index in [-0.39, 0.29) is 31.3 Å². The number of amides is 3. The molecule has 1 atom stereocenters. The second-order valence-electron chi connectivity index (χ2n) is 7.73. The minimum Gasteiger partial charge on any atom is -0.486 e. The minimum atomic E-state index is -0.553. The van der Waals surface area contributed by atoms with Crippen molar-refractivity contribution in [2.45, 2.75) is 13.3 Å². The van der Waals surface area contributed by atoms with Gasteiger partial charge in [0.15, 0.2) is 11.5 Å². The van der Waals surface area contributed by atoms with Crippen LogP contribution in [-0.4, -0.2) is 55.5 Å². The summed E-state index contributed by atoms with van der Waals surface area (Å²) in [5, 5.41) is 3.28. The first kappa shape index (κ1) is 23.2. The highest BCUT2D eigenvalue weighted by molar-refractivity contribution is 6.39. The fourth-order valence-electron chi connectivity index (χ4n) is 3.90. The van der Waals surface area contributed by atoms with Crippen LogP contribution in [-0.2, 0) is 14.4 Å². The van der Waals surface area contributed by atoms with Crippen LogP contribution >= 0.6 is 23.2 Å². The van der Waals surface area contributed by atoms with Crippen molar-refractivity contribution in [3.63, 3.8) is 0 Å². The Kier molecular flexibility index (Phi) is 6.95. The Bertz CT molecular complexity index is 1070. The number of halogens is 2. The molecular weight excluding hydrogens is 469 g/mol. The number of fused-ring (bicyclic) bond motifs is 1. The summed E-state index contributed by atoms with van der Waals surface area (Å²) in [6.45, 7) is 3.07. The van der Waals surface area contributed by atoms with E-state index in [1.54, 1.807) is 48.2 Å². The zero-order valence-electron chi connectivity index (χ0n) is 18.0. The van der Waals surface area contributed by atoms with Crippen LogP contribution in [0.3, 0.4) is 0 Å². The lowest BCUT2D eigenvalue weighted by molar-refractivity contribution is -0.138. The van der Waals surface area contributed by atoms with Crippen molar-refractivity contribution in [1.29, 1.82) is 0 Å². The molecule has 4 rings (SSSR count). The van der Waals surface area contributed by atoms with E-state index in [1.165, 1.54) is 4.90 Å². The number of hydrogen-bond acceptors (Lipinski definition) is 5. The number of ether oxygens (including phenoxy) is 2. The van der Waals surface area contributed by atoms with Crippen LogP contribution in [0.25, 0.3) is 0 Å². The molecule has 2 aromatic carbocycles. The summed E-state index contributed by atoms with van der Waals surface area (Å²) in [4.78, 5) is 41.4. The summed E-state index contributed by atoms with van der Waals surface area (Å²) in [7, 11) is 0. The topological polar surface area (TPSA) is 88.2 Å². The van der Waals surface area contributed by atoms with Gasteiger partial charge in [0.1, 0.15) is 13.2 Å². The second kappa shape index (κ2) is 9.89. The van der Waals surface area contributed by atoms with Crippen molar-refractivity contribution >= 4 is 52.3 Å². The maximum absolute atomic E-state index is 13.1. The van der Waals surface area contributed by atoms with Crippen LogP contribution in [0.2, 0.25) is 10.0 Å². The first-order chi connectivity index (χ1) is 15.9. The van der Waals surface area contributed by atoms with E-state index in [4.69, 9.17) is 32.7 Å². The molecule has 2 aromatic rings. The van der Waals surface area contributed by atoms with E-state index in [0.29, 0.717) is 52.7 Å². The number of likely N-dealkylation sites (N-methyl/N-ethyl adjacent to an activating group) is 1. The van der Waals surface area contributed by atoms with Crippen LogP contribution in [0.15, 0.2) is 36.4 Å². The Morgan fingerprint density at radius 3 is 2.52 bits per heavy atom. The highest BCUT2D eigenvalue weighted by atomic mass is 35.5. The number of carbonyl (C=O) groups excluding carboxylic acids is 3. The molecule has 2 aliphatic rings. The predicted molar refractivity (Wildman–Crippen MR) is 125 cm³/mol. The minimum absolute atomic E-state index is 0.0712. The number of carbonyl (C=O) groups is 3. The van der Waals surface area contributed by atoms with Crippen LogP contribution in [0, 0.1) is 5.92 Å². The summed E-state index contributed by atoms with van der Waals surface area (Å²) < 4.78 is 11.1. The van der Waals surface area contributed by atoms with Crippen molar-refractivity contribution < 1.29 is 23.9 Å². The molecule has 2 heterocycles. The number of anilines is 2. The van der Waals surface area contributed by atoms with Crippen molar-refractivity contribution in [3.8, 4) is 11.5 Å². The molecule has 1 fully saturated rings. The van der Waals surface area contributed by atoms with Gasteiger partial charge in [0.25, 0.3) is 0 Å². The summed E-state index contributed by atoms with van der Waals surface area (Å²) in [6, 6.07) is 10.2. The molecule has 1 saturated heterocycles. The zero-order chi connectivity index (χ0) is 23.5.